The Kier molecular flexibility index (Phi) is 6.46. The minimum atomic E-state index is -0.188. The van der Waals surface area contributed by atoms with Gasteiger partial charge in [0.05, 0.1) is 16.8 Å². The molecule has 4 aromatic rings. The smallest absolute Gasteiger partial charge is 0.179 e. The highest BCUT2D eigenvalue weighted by Crippen LogP contribution is 2.35. The topological polar surface area (TPSA) is 88.3 Å². The van der Waals surface area contributed by atoms with Crippen LogP contribution in [0.5, 0.6) is 11.5 Å². The van der Waals surface area contributed by atoms with Crippen molar-refractivity contribution < 1.29 is 9.84 Å². The maximum absolute atomic E-state index is 10.3. The van der Waals surface area contributed by atoms with E-state index >= 15 is 0 Å². The molecule has 8 nitrogen and oxygen atoms in total. The van der Waals surface area contributed by atoms with Gasteiger partial charge < -0.3 is 20.1 Å². The normalized spacial score (nSPS) is 12.2. The van der Waals surface area contributed by atoms with Crippen LogP contribution in [0.2, 0.25) is 0 Å². The summed E-state index contributed by atoms with van der Waals surface area (Å²) in [5.74, 6) is 1.40. The van der Waals surface area contributed by atoms with E-state index < -0.39 is 0 Å². The highest BCUT2D eigenvalue weighted by Gasteiger charge is 2.22. The van der Waals surface area contributed by atoms with Gasteiger partial charge >= 0.3 is 0 Å². The van der Waals surface area contributed by atoms with Gasteiger partial charge in [0.15, 0.2) is 5.82 Å². The van der Waals surface area contributed by atoms with Crippen LogP contribution in [-0.4, -0.2) is 52.8 Å². The van der Waals surface area contributed by atoms with E-state index in [9.17, 15) is 5.11 Å². The molecule has 0 aliphatic heterocycles. The monoisotopic (exact) mass is 446 g/mol. The Balaban J connectivity index is 1.84. The molecular formula is C25H30N6O2. The Labute approximate surface area is 193 Å². The summed E-state index contributed by atoms with van der Waals surface area (Å²) in [6, 6.07) is 15.2. The fraction of sp³-hybridized carbons (Fsp3) is 0.320. The number of phenols is 1. The number of ether oxygens (including phenoxy) is 1. The fourth-order valence-electron chi connectivity index (χ4n) is 4.01. The van der Waals surface area contributed by atoms with Crippen LogP contribution in [0.25, 0.3) is 16.6 Å². The summed E-state index contributed by atoms with van der Waals surface area (Å²) in [6.45, 7) is 4.74. The molecule has 0 amide bonds. The lowest BCUT2D eigenvalue weighted by molar-refractivity contribution is 0.193. The highest BCUT2D eigenvalue weighted by molar-refractivity contribution is 5.92. The first-order valence-electron chi connectivity index (χ1n) is 11.0. The Morgan fingerprint density at radius 1 is 1.09 bits per heavy atom. The van der Waals surface area contributed by atoms with Crippen LogP contribution in [0.4, 0.5) is 5.82 Å². The van der Waals surface area contributed by atoms with E-state index in [-0.39, 0.29) is 11.9 Å². The predicted octanol–water partition coefficient (Wildman–Crippen LogP) is 3.93. The molecule has 0 saturated heterocycles. The maximum Gasteiger partial charge on any atom is 0.179 e. The Morgan fingerprint density at radius 2 is 1.85 bits per heavy atom. The van der Waals surface area contributed by atoms with Crippen LogP contribution in [0, 0.1) is 13.8 Å². The van der Waals surface area contributed by atoms with Crippen LogP contribution in [0.15, 0.2) is 48.5 Å². The molecule has 33 heavy (non-hydrogen) atoms. The Bertz CT molecular complexity index is 1250. The van der Waals surface area contributed by atoms with Crippen LogP contribution in [0.3, 0.4) is 0 Å². The van der Waals surface area contributed by atoms with Crippen molar-refractivity contribution in [1.29, 1.82) is 0 Å². The van der Waals surface area contributed by atoms with Crippen LogP contribution in [-0.2, 0) is 0 Å². The number of benzene rings is 2. The third-order valence-electron chi connectivity index (χ3n) is 5.68. The standard InChI is InChI=1S/C25H30N6O2/c1-16-23-17(2)31(29-24(23)25(28-27-16)30(4)5)20-12-11-19(32)15-22(20)33-21(13-14-26-3)18-9-7-6-8-10-18/h6-12,15,21,26,32H,13-14H2,1-5H3. The second-order valence-corrected chi connectivity index (χ2v) is 8.29. The van der Waals surface area contributed by atoms with Crippen molar-refractivity contribution in [2.75, 3.05) is 32.6 Å². The molecule has 2 aromatic carbocycles. The second-order valence-electron chi connectivity index (χ2n) is 8.29. The van der Waals surface area contributed by atoms with Gasteiger partial charge in [0.1, 0.15) is 28.8 Å². The van der Waals surface area contributed by atoms with Crippen molar-refractivity contribution in [3.05, 3.63) is 65.5 Å². The summed E-state index contributed by atoms with van der Waals surface area (Å²) >= 11 is 0. The predicted molar refractivity (Wildman–Crippen MR) is 130 cm³/mol. The van der Waals surface area contributed by atoms with Gasteiger partial charge in [-0.05, 0) is 45.1 Å². The van der Waals surface area contributed by atoms with E-state index in [1.807, 2.05) is 68.8 Å². The summed E-state index contributed by atoms with van der Waals surface area (Å²) in [5.41, 5.74) is 4.35. The zero-order chi connectivity index (χ0) is 23.5. The molecule has 0 radical (unpaired) electrons. The first-order chi connectivity index (χ1) is 15.9. The Morgan fingerprint density at radius 3 is 2.55 bits per heavy atom. The molecule has 1 atom stereocenters. The van der Waals surface area contributed by atoms with E-state index in [0.717, 1.165) is 46.5 Å². The highest BCUT2D eigenvalue weighted by atomic mass is 16.5. The lowest BCUT2D eigenvalue weighted by Crippen LogP contribution is -2.17. The summed E-state index contributed by atoms with van der Waals surface area (Å²) < 4.78 is 8.38. The summed E-state index contributed by atoms with van der Waals surface area (Å²) in [4.78, 5) is 1.91. The average Bonchev–Trinajstić information content (AvgIpc) is 3.15. The number of aromatic nitrogens is 4. The quantitative estimate of drug-likeness (QED) is 0.424. The van der Waals surface area contributed by atoms with Gasteiger partial charge in [0.2, 0.25) is 0 Å². The van der Waals surface area contributed by atoms with Crippen molar-refractivity contribution in [1.82, 2.24) is 25.3 Å². The number of anilines is 1. The first kappa shape index (κ1) is 22.5. The molecule has 0 bridgehead atoms. The van der Waals surface area contributed by atoms with Gasteiger partial charge in [-0.1, -0.05) is 30.3 Å². The van der Waals surface area contributed by atoms with Crippen LogP contribution < -0.4 is 15.0 Å². The molecular weight excluding hydrogens is 416 g/mol. The molecule has 2 N–H and O–H groups in total. The van der Waals surface area contributed by atoms with Gasteiger partial charge in [-0.15, -0.1) is 5.10 Å². The van der Waals surface area contributed by atoms with Crippen molar-refractivity contribution in [2.24, 2.45) is 0 Å². The van der Waals surface area contributed by atoms with Gasteiger partial charge in [-0.25, -0.2) is 4.68 Å². The second kappa shape index (κ2) is 9.46. The molecule has 172 valence electrons. The molecule has 2 heterocycles. The minimum Gasteiger partial charge on any atom is -0.508 e. The molecule has 0 fully saturated rings. The molecule has 0 saturated carbocycles. The molecule has 0 aliphatic carbocycles. The third-order valence-corrected chi connectivity index (χ3v) is 5.68. The zero-order valence-electron chi connectivity index (χ0n) is 19.7. The van der Waals surface area contributed by atoms with Crippen molar-refractivity contribution in [3.63, 3.8) is 0 Å². The summed E-state index contributed by atoms with van der Waals surface area (Å²) in [7, 11) is 5.77. The molecule has 1 unspecified atom stereocenters. The number of aromatic hydroxyl groups is 1. The van der Waals surface area contributed by atoms with Crippen molar-refractivity contribution >= 4 is 16.7 Å². The van der Waals surface area contributed by atoms with Crippen molar-refractivity contribution in [2.45, 2.75) is 26.4 Å². The lowest BCUT2D eigenvalue weighted by atomic mass is 10.1. The van der Waals surface area contributed by atoms with Gasteiger partial charge in [0.25, 0.3) is 0 Å². The molecule has 0 aliphatic rings. The molecule has 0 spiro atoms. The number of fused-ring (bicyclic) bond motifs is 1. The van der Waals surface area contributed by atoms with E-state index in [0.29, 0.717) is 11.6 Å². The average molecular weight is 447 g/mol. The SMILES string of the molecule is CNCCC(Oc1cc(O)ccc1-n1nc2c(N(C)C)nnc(C)c2c1C)c1ccccc1. The number of hydrogen-bond acceptors (Lipinski definition) is 7. The molecule has 8 heteroatoms. The van der Waals surface area contributed by atoms with Crippen LogP contribution >= 0.6 is 0 Å². The summed E-state index contributed by atoms with van der Waals surface area (Å²) in [5, 5.41) is 28.0. The van der Waals surface area contributed by atoms with E-state index in [4.69, 9.17) is 9.84 Å². The molecule has 2 aromatic heterocycles. The molecule has 4 rings (SSSR count). The zero-order valence-corrected chi connectivity index (χ0v) is 19.7. The number of nitrogens with one attached hydrogen (secondary N) is 1. The largest absolute Gasteiger partial charge is 0.508 e. The van der Waals surface area contributed by atoms with Gasteiger partial charge in [-0.3, -0.25) is 0 Å². The minimum absolute atomic E-state index is 0.136. The number of nitrogens with zero attached hydrogens (tertiary/aromatic N) is 5. The first-order valence-corrected chi connectivity index (χ1v) is 11.0. The van der Waals surface area contributed by atoms with Gasteiger partial charge in [-0.2, -0.15) is 10.2 Å². The third kappa shape index (κ3) is 4.47. The van der Waals surface area contributed by atoms with E-state index in [1.165, 1.54) is 0 Å². The van der Waals surface area contributed by atoms with E-state index in [2.05, 4.69) is 27.6 Å². The lowest BCUT2D eigenvalue weighted by Gasteiger charge is -2.22. The number of phenolic OH excluding ortho intramolecular Hbond substituents is 1. The summed E-state index contributed by atoms with van der Waals surface area (Å²) in [6.07, 6.45) is 0.583. The number of rotatable bonds is 8. The van der Waals surface area contributed by atoms with Gasteiger partial charge in [0, 0.05) is 26.6 Å². The van der Waals surface area contributed by atoms with Crippen molar-refractivity contribution in [3.8, 4) is 17.2 Å². The Hall–Kier alpha value is -3.65. The number of aryl methyl sites for hydroxylation is 2. The fourth-order valence-corrected chi connectivity index (χ4v) is 4.01. The van der Waals surface area contributed by atoms with Crippen LogP contribution in [0.1, 0.15) is 29.5 Å². The maximum atomic E-state index is 10.3. The van der Waals surface area contributed by atoms with E-state index in [1.54, 1.807) is 12.1 Å². The number of hydrogen-bond donors (Lipinski definition) is 2.